The predicted octanol–water partition coefficient (Wildman–Crippen LogP) is 3.94. The molecule has 0 bridgehead atoms. The molecule has 0 amide bonds. The molecule has 0 radical (unpaired) electrons. The van der Waals surface area contributed by atoms with E-state index in [0.29, 0.717) is 5.88 Å². The van der Waals surface area contributed by atoms with Gasteiger partial charge >= 0.3 is 0 Å². The van der Waals surface area contributed by atoms with Crippen LogP contribution in [0.5, 0.6) is 5.06 Å². The van der Waals surface area contributed by atoms with E-state index in [4.69, 9.17) is 16.3 Å². The number of rotatable bonds is 2. The molecule has 1 heterocycles. The molecular formula is C10H9ClOS2. The minimum atomic E-state index is 0.495. The Hall–Kier alpha value is -0.380. The molecule has 74 valence electrons. The van der Waals surface area contributed by atoms with Crippen molar-refractivity contribution in [3.05, 3.63) is 23.8 Å². The Morgan fingerprint density at radius 2 is 2.21 bits per heavy atom. The third-order valence-electron chi connectivity index (χ3n) is 2.04. The standard InChI is InChI=1S/C10H9ClOS2/c1-12-10-4-6-2-8(13)7(5-11)3-9(6)14-10/h2-4,13H,5H2,1H3. The average Bonchev–Trinajstić information content (AvgIpc) is 2.58. The van der Waals surface area contributed by atoms with Gasteiger partial charge in [0, 0.05) is 15.5 Å². The molecule has 0 unspecified atom stereocenters. The van der Waals surface area contributed by atoms with Crippen LogP contribution in [-0.4, -0.2) is 7.11 Å². The van der Waals surface area contributed by atoms with Gasteiger partial charge in [0.05, 0.1) is 7.11 Å². The lowest BCUT2D eigenvalue weighted by molar-refractivity contribution is 0.427. The zero-order valence-electron chi connectivity index (χ0n) is 7.58. The number of thiol groups is 1. The number of alkyl halides is 1. The monoisotopic (exact) mass is 244 g/mol. The van der Waals surface area contributed by atoms with E-state index >= 15 is 0 Å². The van der Waals surface area contributed by atoms with Gasteiger partial charge in [0.25, 0.3) is 0 Å². The first-order valence-electron chi connectivity index (χ1n) is 4.10. The number of ether oxygens (including phenoxy) is 1. The van der Waals surface area contributed by atoms with Crippen LogP contribution in [0.3, 0.4) is 0 Å². The quantitative estimate of drug-likeness (QED) is 0.622. The predicted molar refractivity (Wildman–Crippen MR) is 65.2 cm³/mol. The second kappa shape index (κ2) is 4.01. The lowest BCUT2D eigenvalue weighted by atomic mass is 10.2. The topological polar surface area (TPSA) is 9.23 Å². The number of hydrogen-bond donors (Lipinski definition) is 1. The van der Waals surface area contributed by atoms with Gasteiger partial charge in [-0.05, 0) is 29.1 Å². The molecule has 0 atom stereocenters. The number of methoxy groups -OCH3 is 1. The molecule has 0 N–H and O–H groups in total. The summed E-state index contributed by atoms with van der Waals surface area (Å²) in [6.45, 7) is 0. The normalized spacial score (nSPS) is 10.8. The molecule has 0 spiro atoms. The summed E-state index contributed by atoms with van der Waals surface area (Å²) in [5.41, 5.74) is 1.06. The molecule has 0 fully saturated rings. The Balaban J connectivity index is 2.64. The third kappa shape index (κ3) is 1.72. The van der Waals surface area contributed by atoms with Gasteiger partial charge in [-0.25, -0.2) is 0 Å². The molecule has 1 aromatic heterocycles. The highest BCUT2D eigenvalue weighted by molar-refractivity contribution is 7.80. The molecule has 0 saturated carbocycles. The fourth-order valence-corrected chi connectivity index (χ4v) is 2.82. The van der Waals surface area contributed by atoms with Gasteiger partial charge in [-0.15, -0.1) is 24.2 Å². The Bertz CT molecular complexity index is 464. The molecule has 0 aliphatic carbocycles. The van der Waals surface area contributed by atoms with Crippen LogP contribution < -0.4 is 4.74 Å². The van der Waals surface area contributed by atoms with Crippen molar-refractivity contribution in [2.75, 3.05) is 7.11 Å². The fraction of sp³-hybridized carbons (Fsp3) is 0.200. The van der Waals surface area contributed by atoms with Crippen molar-refractivity contribution in [2.45, 2.75) is 10.8 Å². The van der Waals surface area contributed by atoms with E-state index in [1.54, 1.807) is 18.4 Å². The van der Waals surface area contributed by atoms with E-state index in [2.05, 4.69) is 18.7 Å². The van der Waals surface area contributed by atoms with Crippen LogP contribution in [-0.2, 0) is 5.88 Å². The summed E-state index contributed by atoms with van der Waals surface area (Å²) in [6, 6.07) is 6.10. The fourth-order valence-electron chi connectivity index (χ4n) is 1.30. The third-order valence-corrected chi connectivity index (χ3v) is 3.80. The second-order valence-corrected chi connectivity index (χ2v) is 4.72. The van der Waals surface area contributed by atoms with E-state index in [9.17, 15) is 0 Å². The highest BCUT2D eigenvalue weighted by Crippen LogP contribution is 2.34. The van der Waals surface area contributed by atoms with Gasteiger partial charge in [-0.1, -0.05) is 11.3 Å². The number of hydrogen-bond acceptors (Lipinski definition) is 3. The number of thiophene rings is 1. The molecule has 14 heavy (non-hydrogen) atoms. The molecule has 2 aromatic rings. The van der Waals surface area contributed by atoms with Crippen LogP contribution >= 0.6 is 35.6 Å². The van der Waals surface area contributed by atoms with E-state index in [-0.39, 0.29) is 0 Å². The van der Waals surface area contributed by atoms with Crippen molar-refractivity contribution >= 4 is 45.7 Å². The zero-order chi connectivity index (χ0) is 10.1. The van der Waals surface area contributed by atoms with Gasteiger partial charge in [0.2, 0.25) is 0 Å². The van der Waals surface area contributed by atoms with Crippen LogP contribution in [0.2, 0.25) is 0 Å². The number of fused-ring (bicyclic) bond motifs is 1. The zero-order valence-corrected chi connectivity index (χ0v) is 10.0. The van der Waals surface area contributed by atoms with Gasteiger partial charge in [-0.3, -0.25) is 0 Å². The Morgan fingerprint density at radius 3 is 2.86 bits per heavy atom. The average molecular weight is 245 g/mol. The summed E-state index contributed by atoms with van der Waals surface area (Å²) in [6.07, 6.45) is 0. The maximum atomic E-state index is 5.80. The molecule has 0 aliphatic rings. The SMILES string of the molecule is COc1cc2cc(S)c(CCl)cc2s1. The molecular weight excluding hydrogens is 236 g/mol. The molecule has 4 heteroatoms. The van der Waals surface area contributed by atoms with Gasteiger partial charge < -0.3 is 4.74 Å². The van der Waals surface area contributed by atoms with Gasteiger partial charge in [-0.2, -0.15) is 0 Å². The highest BCUT2D eigenvalue weighted by Gasteiger charge is 2.05. The summed E-state index contributed by atoms with van der Waals surface area (Å²) in [5, 5.41) is 2.07. The molecule has 0 saturated heterocycles. The van der Waals surface area contributed by atoms with E-state index in [1.165, 1.54) is 4.70 Å². The maximum absolute atomic E-state index is 5.80. The molecule has 1 nitrogen and oxygen atoms in total. The van der Waals surface area contributed by atoms with Crippen LogP contribution in [0.1, 0.15) is 5.56 Å². The lowest BCUT2D eigenvalue weighted by Gasteiger charge is -1.99. The van der Waals surface area contributed by atoms with E-state index in [0.717, 1.165) is 20.9 Å². The first-order chi connectivity index (χ1) is 6.74. The van der Waals surface area contributed by atoms with Crippen molar-refractivity contribution in [3.8, 4) is 5.06 Å². The Morgan fingerprint density at radius 1 is 1.43 bits per heavy atom. The minimum absolute atomic E-state index is 0.495. The van der Waals surface area contributed by atoms with Crippen molar-refractivity contribution in [3.63, 3.8) is 0 Å². The number of halogens is 1. The molecule has 2 rings (SSSR count). The first-order valence-corrected chi connectivity index (χ1v) is 5.90. The summed E-state index contributed by atoms with van der Waals surface area (Å²) < 4.78 is 6.36. The van der Waals surface area contributed by atoms with Crippen molar-refractivity contribution < 1.29 is 4.74 Å². The summed E-state index contributed by atoms with van der Waals surface area (Å²) in [4.78, 5) is 0.938. The number of benzene rings is 1. The van der Waals surface area contributed by atoms with Crippen LogP contribution in [0.4, 0.5) is 0 Å². The van der Waals surface area contributed by atoms with Gasteiger partial charge in [0.1, 0.15) is 0 Å². The van der Waals surface area contributed by atoms with E-state index in [1.807, 2.05) is 12.1 Å². The van der Waals surface area contributed by atoms with Crippen LogP contribution in [0.25, 0.3) is 10.1 Å². The Kier molecular flexibility index (Phi) is 2.91. The summed E-state index contributed by atoms with van der Waals surface area (Å²) in [5.74, 6) is 0.495. The van der Waals surface area contributed by atoms with Crippen molar-refractivity contribution in [1.29, 1.82) is 0 Å². The van der Waals surface area contributed by atoms with Crippen LogP contribution in [0, 0.1) is 0 Å². The van der Waals surface area contributed by atoms with Crippen molar-refractivity contribution in [2.24, 2.45) is 0 Å². The minimum Gasteiger partial charge on any atom is -0.487 e. The largest absolute Gasteiger partial charge is 0.487 e. The first kappa shape index (κ1) is 10.1. The lowest BCUT2D eigenvalue weighted by Crippen LogP contribution is -1.79. The van der Waals surface area contributed by atoms with Crippen molar-refractivity contribution in [1.82, 2.24) is 0 Å². The van der Waals surface area contributed by atoms with E-state index < -0.39 is 0 Å². The summed E-state index contributed by atoms with van der Waals surface area (Å²) in [7, 11) is 1.68. The van der Waals surface area contributed by atoms with Crippen LogP contribution in [0.15, 0.2) is 23.1 Å². The Labute approximate surface area is 97.1 Å². The second-order valence-electron chi connectivity index (χ2n) is 2.92. The maximum Gasteiger partial charge on any atom is 0.174 e. The molecule has 1 aromatic carbocycles. The smallest absolute Gasteiger partial charge is 0.174 e. The highest BCUT2D eigenvalue weighted by atomic mass is 35.5. The molecule has 0 aliphatic heterocycles. The van der Waals surface area contributed by atoms with Gasteiger partial charge in [0.15, 0.2) is 5.06 Å². The summed E-state index contributed by atoms with van der Waals surface area (Å²) >= 11 is 11.8.